The molecule has 1 aliphatic heterocycles. The summed E-state index contributed by atoms with van der Waals surface area (Å²) in [7, 11) is -3.46. The summed E-state index contributed by atoms with van der Waals surface area (Å²) in [5.41, 5.74) is 0.502. The fraction of sp³-hybridized carbons (Fsp3) is 0.316. The molecule has 0 bridgehead atoms. The van der Waals surface area contributed by atoms with E-state index < -0.39 is 16.1 Å². The van der Waals surface area contributed by atoms with Gasteiger partial charge in [-0.2, -0.15) is 4.31 Å². The van der Waals surface area contributed by atoms with Crippen LogP contribution in [0.4, 0.5) is 5.69 Å². The molecule has 144 valence electrons. The summed E-state index contributed by atoms with van der Waals surface area (Å²) in [6.45, 7) is 2.74. The Morgan fingerprint density at radius 1 is 1.15 bits per heavy atom. The van der Waals surface area contributed by atoms with Crippen LogP contribution in [0.15, 0.2) is 53.4 Å². The highest BCUT2D eigenvalue weighted by atomic mass is 35.5. The Balaban J connectivity index is 1.62. The van der Waals surface area contributed by atoms with Crippen molar-refractivity contribution in [3.8, 4) is 5.75 Å². The number of benzene rings is 2. The molecule has 27 heavy (non-hydrogen) atoms. The van der Waals surface area contributed by atoms with E-state index in [2.05, 4.69) is 5.32 Å². The molecule has 1 unspecified atom stereocenters. The van der Waals surface area contributed by atoms with Gasteiger partial charge in [-0.3, -0.25) is 4.79 Å². The van der Waals surface area contributed by atoms with Crippen LogP contribution < -0.4 is 10.1 Å². The molecule has 1 heterocycles. The second-order valence-electron chi connectivity index (χ2n) is 6.34. The Kier molecular flexibility index (Phi) is 6.04. The van der Waals surface area contributed by atoms with Crippen molar-refractivity contribution in [2.45, 2.75) is 30.8 Å². The smallest absolute Gasteiger partial charge is 0.265 e. The van der Waals surface area contributed by atoms with Gasteiger partial charge < -0.3 is 10.1 Å². The quantitative estimate of drug-likeness (QED) is 0.793. The number of hydrogen-bond donors (Lipinski definition) is 1. The van der Waals surface area contributed by atoms with Crippen molar-refractivity contribution in [3.05, 3.63) is 53.6 Å². The first-order valence-corrected chi connectivity index (χ1v) is 10.5. The molecule has 1 fully saturated rings. The molecule has 1 aliphatic rings. The van der Waals surface area contributed by atoms with E-state index in [0.29, 0.717) is 29.5 Å². The lowest BCUT2D eigenvalue weighted by Gasteiger charge is -2.17. The molecule has 8 heteroatoms. The van der Waals surface area contributed by atoms with Crippen LogP contribution in [0.5, 0.6) is 5.75 Å². The Morgan fingerprint density at radius 3 is 2.44 bits per heavy atom. The molecule has 2 aromatic rings. The molecule has 1 amide bonds. The summed E-state index contributed by atoms with van der Waals surface area (Å²) in [5, 5.41) is 3.24. The van der Waals surface area contributed by atoms with Gasteiger partial charge in [0.15, 0.2) is 6.10 Å². The van der Waals surface area contributed by atoms with E-state index >= 15 is 0 Å². The lowest BCUT2D eigenvalue weighted by Crippen LogP contribution is -2.30. The molecule has 1 N–H and O–H groups in total. The van der Waals surface area contributed by atoms with Crippen LogP contribution in [0.1, 0.15) is 19.8 Å². The van der Waals surface area contributed by atoms with Gasteiger partial charge in [0, 0.05) is 23.8 Å². The van der Waals surface area contributed by atoms with Gasteiger partial charge in [0.25, 0.3) is 5.91 Å². The summed E-state index contributed by atoms with van der Waals surface area (Å²) in [6, 6.07) is 13.0. The Hall–Kier alpha value is -2.09. The van der Waals surface area contributed by atoms with Crippen LogP contribution in [0.3, 0.4) is 0 Å². The zero-order chi connectivity index (χ0) is 19.4. The Labute approximate surface area is 164 Å². The van der Waals surface area contributed by atoms with Crippen LogP contribution in [0.2, 0.25) is 5.02 Å². The maximum Gasteiger partial charge on any atom is 0.265 e. The largest absolute Gasteiger partial charge is 0.481 e. The van der Waals surface area contributed by atoms with Crippen molar-refractivity contribution in [2.75, 3.05) is 18.4 Å². The minimum Gasteiger partial charge on any atom is -0.481 e. The van der Waals surface area contributed by atoms with Crippen LogP contribution >= 0.6 is 11.6 Å². The number of anilines is 1. The molecular weight excluding hydrogens is 388 g/mol. The number of rotatable bonds is 6. The second kappa shape index (κ2) is 8.29. The number of nitrogens with one attached hydrogen (secondary N) is 1. The summed E-state index contributed by atoms with van der Waals surface area (Å²) in [6.07, 6.45) is 1.03. The first-order valence-electron chi connectivity index (χ1n) is 8.69. The van der Waals surface area contributed by atoms with E-state index in [-0.39, 0.29) is 10.8 Å². The van der Waals surface area contributed by atoms with E-state index in [9.17, 15) is 13.2 Å². The maximum absolute atomic E-state index is 12.5. The first kappa shape index (κ1) is 19.7. The topological polar surface area (TPSA) is 75.7 Å². The zero-order valence-electron chi connectivity index (χ0n) is 14.9. The van der Waals surface area contributed by atoms with E-state index in [0.717, 1.165) is 12.8 Å². The number of hydrogen-bond acceptors (Lipinski definition) is 4. The number of sulfonamides is 1. The molecule has 0 aliphatic carbocycles. The van der Waals surface area contributed by atoms with Crippen molar-refractivity contribution in [1.82, 2.24) is 4.31 Å². The first-order chi connectivity index (χ1) is 12.9. The average molecular weight is 409 g/mol. The number of halogens is 1. The van der Waals surface area contributed by atoms with Gasteiger partial charge in [0.2, 0.25) is 10.0 Å². The summed E-state index contributed by atoms with van der Waals surface area (Å²) in [4.78, 5) is 12.5. The zero-order valence-corrected chi connectivity index (χ0v) is 16.5. The number of carbonyl (C=O) groups excluding carboxylic acids is 1. The van der Waals surface area contributed by atoms with Gasteiger partial charge in [-0.15, -0.1) is 0 Å². The molecule has 1 atom stereocenters. The highest BCUT2D eigenvalue weighted by molar-refractivity contribution is 7.89. The van der Waals surface area contributed by atoms with Gasteiger partial charge in [-0.1, -0.05) is 17.7 Å². The normalized spacial score (nSPS) is 16.1. The van der Waals surface area contributed by atoms with Crippen molar-refractivity contribution >= 4 is 33.2 Å². The van der Waals surface area contributed by atoms with E-state index in [1.165, 1.54) is 16.4 Å². The van der Waals surface area contributed by atoms with Crippen molar-refractivity contribution in [1.29, 1.82) is 0 Å². The third-order valence-electron chi connectivity index (χ3n) is 4.30. The maximum atomic E-state index is 12.5. The van der Waals surface area contributed by atoms with Crippen molar-refractivity contribution in [3.63, 3.8) is 0 Å². The molecule has 1 saturated heterocycles. The fourth-order valence-corrected chi connectivity index (χ4v) is 4.53. The van der Waals surface area contributed by atoms with Crippen LogP contribution in [-0.2, 0) is 14.8 Å². The summed E-state index contributed by atoms with van der Waals surface area (Å²) in [5.74, 6) is 0.155. The highest BCUT2D eigenvalue weighted by Gasteiger charge is 2.27. The van der Waals surface area contributed by atoms with E-state index in [4.69, 9.17) is 16.3 Å². The monoisotopic (exact) mass is 408 g/mol. The van der Waals surface area contributed by atoms with E-state index in [1.54, 1.807) is 43.3 Å². The molecule has 0 saturated carbocycles. The molecule has 0 spiro atoms. The SMILES string of the molecule is CC(Oc1cccc(Cl)c1)C(=O)Nc1ccc(S(=O)(=O)N2CCCC2)cc1. The standard InChI is InChI=1S/C19H21ClN2O4S/c1-14(26-17-6-4-5-15(20)13-17)19(23)21-16-7-9-18(10-8-16)27(24,25)22-11-2-3-12-22/h4-10,13-14H,2-3,11-12H2,1H3,(H,21,23). The van der Waals surface area contributed by atoms with Crippen LogP contribution in [-0.4, -0.2) is 37.8 Å². The van der Waals surface area contributed by atoms with Crippen LogP contribution in [0, 0.1) is 0 Å². The predicted molar refractivity (Wildman–Crippen MR) is 105 cm³/mol. The molecule has 3 rings (SSSR count). The summed E-state index contributed by atoms with van der Waals surface area (Å²) < 4.78 is 32.1. The van der Waals surface area contributed by atoms with Crippen LogP contribution in [0.25, 0.3) is 0 Å². The molecule has 6 nitrogen and oxygen atoms in total. The third kappa shape index (κ3) is 4.80. The molecular formula is C19H21ClN2O4S. The number of nitrogens with zero attached hydrogens (tertiary/aromatic N) is 1. The lowest BCUT2D eigenvalue weighted by molar-refractivity contribution is -0.122. The third-order valence-corrected chi connectivity index (χ3v) is 6.45. The Morgan fingerprint density at radius 2 is 1.81 bits per heavy atom. The van der Waals surface area contributed by atoms with Gasteiger partial charge in [-0.05, 0) is 62.2 Å². The summed E-state index contributed by atoms with van der Waals surface area (Å²) >= 11 is 5.90. The van der Waals surface area contributed by atoms with Gasteiger partial charge in [0.05, 0.1) is 4.90 Å². The minimum atomic E-state index is -3.46. The van der Waals surface area contributed by atoms with Gasteiger partial charge in [0.1, 0.15) is 5.75 Å². The van der Waals surface area contributed by atoms with E-state index in [1.807, 2.05) is 0 Å². The predicted octanol–water partition coefficient (Wildman–Crippen LogP) is 3.53. The fourth-order valence-electron chi connectivity index (χ4n) is 2.83. The van der Waals surface area contributed by atoms with Crippen molar-refractivity contribution in [2.24, 2.45) is 0 Å². The van der Waals surface area contributed by atoms with Gasteiger partial charge >= 0.3 is 0 Å². The molecule has 2 aromatic carbocycles. The highest BCUT2D eigenvalue weighted by Crippen LogP contribution is 2.23. The molecule has 0 aromatic heterocycles. The minimum absolute atomic E-state index is 0.227. The average Bonchev–Trinajstić information content (AvgIpc) is 3.17. The molecule has 0 radical (unpaired) electrons. The lowest BCUT2D eigenvalue weighted by atomic mass is 10.3. The Bertz CT molecular complexity index is 910. The number of carbonyl (C=O) groups is 1. The van der Waals surface area contributed by atoms with Gasteiger partial charge in [-0.25, -0.2) is 8.42 Å². The second-order valence-corrected chi connectivity index (χ2v) is 8.72. The number of ether oxygens (including phenoxy) is 1. The van der Waals surface area contributed by atoms with Crippen molar-refractivity contribution < 1.29 is 17.9 Å². The number of amides is 1.